The van der Waals surface area contributed by atoms with Crippen molar-refractivity contribution in [1.29, 1.82) is 5.26 Å². The molecule has 0 aliphatic heterocycles. The van der Waals surface area contributed by atoms with Gasteiger partial charge in [0.05, 0.1) is 11.6 Å². The number of nitrogens with zero attached hydrogens (tertiary/aromatic N) is 1. The van der Waals surface area contributed by atoms with Crippen molar-refractivity contribution in [1.82, 2.24) is 0 Å². The van der Waals surface area contributed by atoms with Crippen molar-refractivity contribution in [2.45, 2.75) is 29.7 Å². The molecular formula is C18H9F6NO3. The number of alkyl halides is 5. The first-order valence-electron chi connectivity index (χ1n) is 7.83. The first-order chi connectivity index (χ1) is 13.0. The van der Waals surface area contributed by atoms with Gasteiger partial charge in [-0.2, -0.15) is 22.8 Å². The average Bonchev–Trinajstić information content (AvgIpc) is 2.90. The highest BCUT2D eigenvalue weighted by Crippen LogP contribution is 2.68. The molecule has 0 aromatic heterocycles. The van der Waals surface area contributed by atoms with E-state index in [2.05, 4.69) is 0 Å². The first-order valence-corrected chi connectivity index (χ1v) is 7.83. The lowest BCUT2D eigenvalue weighted by atomic mass is 9.93. The Hall–Kier alpha value is -2.77. The summed E-state index contributed by atoms with van der Waals surface area (Å²) in [5.74, 6) is -11.8. The molecule has 4 rings (SSSR count). The van der Waals surface area contributed by atoms with E-state index in [0.29, 0.717) is 6.07 Å². The second-order valence-electron chi connectivity index (χ2n) is 6.55. The number of ether oxygens (including phenoxy) is 1. The molecule has 3 atom stereocenters. The Balaban J connectivity index is 1.92. The highest BCUT2D eigenvalue weighted by molar-refractivity contribution is 5.61. The zero-order chi connectivity index (χ0) is 20.6. The van der Waals surface area contributed by atoms with E-state index < -0.39 is 58.0 Å². The molecule has 2 aromatic rings. The minimum atomic E-state index is -5.22. The Kier molecular flexibility index (Phi) is 3.58. The van der Waals surface area contributed by atoms with Crippen LogP contribution in [0.25, 0.3) is 0 Å². The number of hydrogen-bond donors (Lipinski definition) is 2. The maximum atomic E-state index is 14.5. The van der Waals surface area contributed by atoms with Crippen LogP contribution in [0.2, 0.25) is 0 Å². The Labute approximate surface area is 153 Å². The van der Waals surface area contributed by atoms with Crippen molar-refractivity contribution in [2.24, 2.45) is 0 Å². The molecule has 0 saturated carbocycles. The van der Waals surface area contributed by atoms with E-state index in [9.17, 15) is 36.6 Å². The van der Waals surface area contributed by atoms with E-state index in [1.54, 1.807) is 6.07 Å². The standard InChI is InChI=1S/C18H9F6NO3/c19-8-3-7(6-25)4-9(5-8)28-11-2-1-10-13-12(11)14(26)15(20)16(13,27)18(23,24)17(10,21)22/h1-5,14-15,26-27H/t14-,15+,16-/m1/s1. The number of aliphatic hydroxyl groups excluding tert-OH is 1. The monoisotopic (exact) mass is 401 g/mol. The Bertz CT molecular complexity index is 1050. The smallest absolute Gasteiger partial charge is 0.349 e. The van der Waals surface area contributed by atoms with Crippen LogP contribution in [0.1, 0.15) is 28.4 Å². The average molecular weight is 401 g/mol. The lowest BCUT2D eigenvalue weighted by molar-refractivity contribution is -0.304. The molecule has 0 amide bonds. The fourth-order valence-corrected chi connectivity index (χ4v) is 3.72. The summed E-state index contributed by atoms with van der Waals surface area (Å²) in [7, 11) is 0. The number of hydrogen-bond acceptors (Lipinski definition) is 4. The number of aliphatic hydroxyl groups is 2. The van der Waals surface area contributed by atoms with E-state index >= 15 is 0 Å². The summed E-state index contributed by atoms with van der Waals surface area (Å²) in [4.78, 5) is 0. The fraction of sp³-hybridized carbons (Fsp3) is 0.278. The molecule has 0 radical (unpaired) electrons. The molecular weight excluding hydrogens is 392 g/mol. The van der Waals surface area contributed by atoms with Gasteiger partial charge in [0.2, 0.25) is 0 Å². The molecule has 4 nitrogen and oxygen atoms in total. The summed E-state index contributed by atoms with van der Waals surface area (Å²) in [5.41, 5.74) is -7.40. The molecule has 2 aliphatic carbocycles. The first kappa shape index (κ1) is 18.6. The fourth-order valence-electron chi connectivity index (χ4n) is 3.72. The van der Waals surface area contributed by atoms with Crippen LogP contribution in [0.15, 0.2) is 30.3 Å². The van der Waals surface area contributed by atoms with Gasteiger partial charge in [-0.25, -0.2) is 8.78 Å². The van der Waals surface area contributed by atoms with Crippen LogP contribution in [0.5, 0.6) is 11.5 Å². The molecule has 0 fully saturated rings. The normalized spacial score (nSPS) is 28.7. The van der Waals surface area contributed by atoms with Gasteiger partial charge < -0.3 is 14.9 Å². The number of nitriles is 1. The third-order valence-electron chi connectivity index (χ3n) is 5.00. The van der Waals surface area contributed by atoms with Gasteiger partial charge in [0.25, 0.3) is 0 Å². The summed E-state index contributed by atoms with van der Waals surface area (Å²) in [6.07, 6.45) is -5.54. The van der Waals surface area contributed by atoms with Gasteiger partial charge in [0.15, 0.2) is 11.8 Å². The van der Waals surface area contributed by atoms with Gasteiger partial charge in [-0.05, 0) is 24.3 Å². The summed E-state index contributed by atoms with van der Waals surface area (Å²) >= 11 is 0. The van der Waals surface area contributed by atoms with Crippen LogP contribution < -0.4 is 4.74 Å². The summed E-state index contributed by atoms with van der Waals surface area (Å²) in [6, 6.07) is 5.70. The third-order valence-corrected chi connectivity index (χ3v) is 5.00. The van der Waals surface area contributed by atoms with Crippen LogP contribution in [0.4, 0.5) is 26.3 Å². The van der Waals surface area contributed by atoms with Crippen LogP contribution in [0, 0.1) is 17.1 Å². The van der Waals surface area contributed by atoms with Gasteiger partial charge in [0, 0.05) is 22.8 Å². The lowest BCUT2D eigenvalue weighted by Crippen LogP contribution is -2.53. The van der Waals surface area contributed by atoms with Crippen LogP contribution >= 0.6 is 0 Å². The second-order valence-corrected chi connectivity index (χ2v) is 6.55. The SMILES string of the molecule is N#Cc1cc(F)cc(Oc2ccc3c4c2[C@@H](O)[C@H](F)[C@@]4(O)C(F)(F)C3(F)F)c1. The second kappa shape index (κ2) is 5.40. The van der Waals surface area contributed by atoms with E-state index in [-0.39, 0.29) is 11.3 Å². The van der Waals surface area contributed by atoms with E-state index in [1.165, 1.54) is 0 Å². The Morgan fingerprint density at radius 3 is 2.43 bits per heavy atom. The highest BCUT2D eigenvalue weighted by atomic mass is 19.3. The number of benzene rings is 2. The third kappa shape index (κ3) is 1.98. The molecule has 0 spiro atoms. The van der Waals surface area contributed by atoms with Crippen LogP contribution in [-0.4, -0.2) is 22.3 Å². The highest BCUT2D eigenvalue weighted by Gasteiger charge is 2.82. The summed E-state index contributed by atoms with van der Waals surface area (Å²) in [6.45, 7) is 0. The lowest BCUT2D eigenvalue weighted by Gasteiger charge is -2.32. The van der Waals surface area contributed by atoms with E-state index in [0.717, 1.165) is 24.3 Å². The quantitative estimate of drug-likeness (QED) is 0.751. The zero-order valence-corrected chi connectivity index (χ0v) is 13.6. The van der Waals surface area contributed by atoms with Gasteiger partial charge in [0.1, 0.15) is 23.4 Å². The topological polar surface area (TPSA) is 73.5 Å². The summed E-state index contributed by atoms with van der Waals surface area (Å²) < 4.78 is 90.1. The van der Waals surface area contributed by atoms with E-state index in [1.807, 2.05) is 0 Å². The van der Waals surface area contributed by atoms with Gasteiger partial charge in [-0.3, -0.25) is 0 Å². The molecule has 10 heteroatoms. The predicted molar refractivity (Wildman–Crippen MR) is 80.2 cm³/mol. The minimum Gasteiger partial charge on any atom is -0.457 e. The molecule has 0 heterocycles. The van der Waals surface area contributed by atoms with Crippen molar-refractivity contribution < 1.29 is 41.3 Å². The largest absolute Gasteiger partial charge is 0.457 e. The molecule has 0 bridgehead atoms. The van der Waals surface area contributed by atoms with E-state index in [4.69, 9.17) is 10.00 Å². The maximum Gasteiger partial charge on any atom is 0.349 e. The van der Waals surface area contributed by atoms with Crippen LogP contribution in [-0.2, 0) is 11.5 Å². The molecule has 2 N–H and O–H groups in total. The van der Waals surface area contributed by atoms with Crippen molar-refractivity contribution in [3.63, 3.8) is 0 Å². The molecule has 146 valence electrons. The van der Waals surface area contributed by atoms with Gasteiger partial charge in [-0.1, -0.05) is 0 Å². The van der Waals surface area contributed by atoms with Crippen molar-refractivity contribution >= 4 is 0 Å². The Morgan fingerprint density at radius 1 is 1.11 bits per heavy atom. The molecule has 2 aliphatic rings. The molecule has 0 unspecified atom stereocenters. The van der Waals surface area contributed by atoms with Crippen molar-refractivity contribution in [3.05, 3.63) is 58.4 Å². The molecule has 28 heavy (non-hydrogen) atoms. The van der Waals surface area contributed by atoms with Crippen LogP contribution in [0.3, 0.4) is 0 Å². The van der Waals surface area contributed by atoms with Crippen molar-refractivity contribution in [2.75, 3.05) is 0 Å². The molecule has 0 saturated heterocycles. The zero-order valence-electron chi connectivity index (χ0n) is 13.6. The minimum absolute atomic E-state index is 0.161. The van der Waals surface area contributed by atoms with Crippen molar-refractivity contribution in [3.8, 4) is 17.6 Å². The van der Waals surface area contributed by atoms with Gasteiger partial charge in [-0.15, -0.1) is 0 Å². The summed E-state index contributed by atoms with van der Waals surface area (Å²) in [5, 5.41) is 29.1. The van der Waals surface area contributed by atoms with Gasteiger partial charge >= 0.3 is 11.8 Å². The number of halogens is 6. The Morgan fingerprint density at radius 2 is 1.79 bits per heavy atom. The predicted octanol–water partition coefficient (Wildman–Crippen LogP) is 3.80. The molecule has 2 aromatic carbocycles. The number of rotatable bonds is 2. The maximum absolute atomic E-state index is 14.5.